The number of ether oxygens (including phenoxy) is 1. The maximum atomic E-state index is 12.5. The molecular formula is C16H17NO5. The number of nitrogens with zero attached hydrogens (tertiary/aromatic N) is 1. The van der Waals surface area contributed by atoms with E-state index in [-0.39, 0.29) is 35.2 Å². The summed E-state index contributed by atoms with van der Waals surface area (Å²) in [6, 6.07) is 6.26. The number of rotatable bonds is 3. The van der Waals surface area contributed by atoms with Gasteiger partial charge in [-0.2, -0.15) is 0 Å². The summed E-state index contributed by atoms with van der Waals surface area (Å²) in [5, 5.41) is 10.7. The SMILES string of the molecule is CC(=O)O[C@H]1[C@H]2[C@@H](C(=O)C1(C)C)[C@@H]2c1ccc([N+](=O)[O-])cc1. The van der Waals surface area contributed by atoms with Crippen molar-refractivity contribution in [2.75, 3.05) is 0 Å². The zero-order chi connectivity index (χ0) is 16.2. The van der Waals surface area contributed by atoms with Gasteiger partial charge in [-0.25, -0.2) is 0 Å². The minimum absolute atomic E-state index is 0.00863. The average Bonchev–Trinajstić information content (AvgIpc) is 3.13. The summed E-state index contributed by atoms with van der Waals surface area (Å²) in [6.45, 7) is 4.96. The molecule has 0 N–H and O–H groups in total. The van der Waals surface area contributed by atoms with Crippen molar-refractivity contribution in [2.24, 2.45) is 17.3 Å². The number of ketones is 1. The van der Waals surface area contributed by atoms with Crippen molar-refractivity contribution in [1.82, 2.24) is 0 Å². The van der Waals surface area contributed by atoms with Crippen LogP contribution in [0.3, 0.4) is 0 Å². The lowest BCUT2D eigenvalue weighted by Gasteiger charge is -2.29. The number of carbonyl (C=O) groups is 2. The van der Waals surface area contributed by atoms with Gasteiger partial charge in [-0.15, -0.1) is 0 Å². The zero-order valence-corrected chi connectivity index (χ0v) is 12.6. The quantitative estimate of drug-likeness (QED) is 0.486. The number of fused-ring (bicyclic) bond motifs is 1. The highest BCUT2D eigenvalue weighted by Gasteiger charge is 2.71. The van der Waals surface area contributed by atoms with E-state index >= 15 is 0 Å². The van der Waals surface area contributed by atoms with Crippen LogP contribution in [-0.4, -0.2) is 22.8 Å². The first-order valence-electron chi connectivity index (χ1n) is 7.21. The van der Waals surface area contributed by atoms with Crippen molar-refractivity contribution in [3.05, 3.63) is 39.9 Å². The fourth-order valence-electron chi connectivity index (χ4n) is 3.75. The van der Waals surface area contributed by atoms with E-state index in [1.807, 2.05) is 13.8 Å². The maximum Gasteiger partial charge on any atom is 0.302 e. The Labute approximate surface area is 127 Å². The molecule has 2 fully saturated rings. The van der Waals surface area contributed by atoms with Crippen molar-refractivity contribution >= 4 is 17.4 Å². The molecule has 1 aromatic carbocycles. The third-order valence-corrected chi connectivity index (χ3v) is 4.86. The van der Waals surface area contributed by atoms with Crippen molar-refractivity contribution < 1.29 is 19.2 Å². The first kappa shape index (κ1) is 14.7. The van der Waals surface area contributed by atoms with E-state index in [2.05, 4.69) is 0 Å². The molecule has 0 heterocycles. The van der Waals surface area contributed by atoms with Crippen LogP contribution >= 0.6 is 0 Å². The third kappa shape index (κ3) is 2.01. The molecule has 116 valence electrons. The summed E-state index contributed by atoms with van der Waals surface area (Å²) in [4.78, 5) is 34.1. The van der Waals surface area contributed by atoms with Crippen LogP contribution in [-0.2, 0) is 14.3 Å². The average molecular weight is 303 g/mol. The summed E-state index contributed by atoms with van der Waals surface area (Å²) in [6.07, 6.45) is -0.428. The van der Waals surface area contributed by atoms with Crippen molar-refractivity contribution in [3.8, 4) is 0 Å². The Bertz CT molecular complexity index is 664. The standard InChI is InChI=1S/C16H17NO5/c1-8(18)22-15-13-11(12(13)14(19)16(15,2)3)9-4-6-10(7-5-9)17(20)21/h4-7,11-13,15H,1-3H3/t11-,12-,13+,15-/m0/s1. The van der Waals surface area contributed by atoms with E-state index in [0.717, 1.165) is 5.56 Å². The van der Waals surface area contributed by atoms with Gasteiger partial charge in [0, 0.05) is 36.8 Å². The molecule has 0 unspecified atom stereocenters. The molecule has 4 atom stereocenters. The van der Waals surface area contributed by atoms with Gasteiger partial charge < -0.3 is 4.74 Å². The lowest BCUT2D eigenvalue weighted by Crippen LogP contribution is -2.37. The van der Waals surface area contributed by atoms with Gasteiger partial charge in [0.05, 0.1) is 10.3 Å². The predicted molar refractivity (Wildman–Crippen MR) is 77.2 cm³/mol. The van der Waals surface area contributed by atoms with Crippen molar-refractivity contribution in [2.45, 2.75) is 32.8 Å². The minimum Gasteiger partial charge on any atom is -0.461 e. The number of benzene rings is 1. The molecule has 22 heavy (non-hydrogen) atoms. The molecule has 0 bridgehead atoms. The molecule has 0 spiro atoms. The monoisotopic (exact) mass is 303 g/mol. The van der Waals surface area contributed by atoms with Gasteiger partial charge in [0.15, 0.2) is 0 Å². The van der Waals surface area contributed by atoms with Crippen LogP contribution in [0.2, 0.25) is 0 Å². The number of hydrogen-bond donors (Lipinski definition) is 0. The molecule has 6 nitrogen and oxygen atoms in total. The Morgan fingerprint density at radius 3 is 2.32 bits per heavy atom. The Morgan fingerprint density at radius 1 is 1.23 bits per heavy atom. The number of nitro groups is 1. The van der Waals surface area contributed by atoms with E-state index < -0.39 is 16.4 Å². The first-order valence-corrected chi connectivity index (χ1v) is 7.21. The minimum atomic E-state index is -0.668. The molecule has 2 saturated carbocycles. The molecule has 6 heteroatoms. The fraction of sp³-hybridized carbons (Fsp3) is 0.500. The first-order chi connectivity index (χ1) is 10.2. The maximum absolute atomic E-state index is 12.5. The van der Waals surface area contributed by atoms with E-state index in [1.54, 1.807) is 12.1 Å². The number of carbonyl (C=O) groups excluding carboxylic acids is 2. The van der Waals surface area contributed by atoms with Crippen molar-refractivity contribution in [1.29, 1.82) is 0 Å². The van der Waals surface area contributed by atoms with Crippen LogP contribution in [0.1, 0.15) is 32.3 Å². The van der Waals surface area contributed by atoms with E-state index in [1.165, 1.54) is 19.1 Å². The van der Waals surface area contributed by atoms with Gasteiger partial charge in [-0.1, -0.05) is 12.1 Å². The molecule has 3 rings (SSSR count). The predicted octanol–water partition coefficient (Wildman–Crippen LogP) is 2.47. The smallest absolute Gasteiger partial charge is 0.302 e. The molecule has 1 aromatic rings. The van der Waals surface area contributed by atoms with Gasteiger partial charge in [0.1, 0.15) is 11.9 Å². The number of hydrogen-bond acceptors (Lipinski definition) is 5. The Morgan fingerprint density at radius 2 is 1.82 bits per heavy atom. The van der Waals surface area contributed by atoms with Crippen molar-refractivity contribution in [3.63, 3.8) is 0 Å². The van der Waals surface area contributed by atoms with Crippen LogP contribution in [0.5, 0.6) is 0 Å². The molecule has 2 aliphatic rings. The number of non-ortho nitro benzene ring substituents is 1. The van der Waals surface area contributed by atoms with Crippen LogP contribution in [0.25, 0.3) is 0 Å². The Balaban J connectivity index is 1.86. The van der Waals surface area contributed by atoms with Gasteiger partial charge in [0.2, 0.25) is 0 Å². The molecular weight excluding hydrogens is 286 g/mol. The van der Waals surface area contributed by atoms with Gasteiger partial charge >= 0.3 is 5.97 Å². The molecule has 2 aliphatic carbocycles. The topological polar surface area (TPSA) is 86.5 Å². The van der Waals surface area contributed by atoms with Crippen LogP contribution in [0.15, 0.2) is 24.3 Å². The van der Waals surface area contributed by atoms with Crippen LogP contribution < -0.4 is 0 Å². The molecule has 0 radical (unpaired) electrons. The van der Waals surface area contributed by atoms with Gasteiger partial charge in [-0.3, -0.25) is 19.7 Å². The highest BCUT2D eigenvalue weighted by Crippen LogP contribution is 2.67. The number of nitro benzene ring substituents is 1. The Hall–Kier alpha value is -2.24. The Kier molecular flexibility index (Phi) is 3.09. The van der Waals surface area contributed by atoms with Crippen LogP contribution in [0, 0.1) is 27.4 Å². The second-order valence-corrected chi connectivity index (χ2v) is 6.59. The van der Waals surface area contributed by atoms with E-state index in [4.69, 9.17) is 4.74 Å². The largest absolute Gasteiger partial charge is 0.461 e. The fourth-order valence-corrected chi connectivity index (χ4v) is 3.75. The third-order valence-electron chi connectivity index (χ3n) is 4.86. The lowest BCUT2D eigenvalue weighted by atomic mass is 9.81. The lowest BCUT2D eigenvalue weighted by molar-refractivity contribution is -0.384. The van der Waals surface area contributed by atoms with E-state index in [0.29, 0.717) is 0 Å². The second kappa shape index (κ2) is 4.63. The molecule has 0 aromatic heterocycles. The van der Waals surface area contributed by atoms with Crippen LogP contribution in [0.4, 0.5) is 5.69 Å². The summed E-state index contributed by atoms with van der Waals surface area (Å²) in [5.41, 5.74) is 0.248. The molecule has 0 amide bonds. The zero-order valence-electron chi connectivity index (χ0n) is 12.6. The highest BCUT2D eigenvalue weighted by atomic mass is 16.6. The normalized spacial score (nSPS) is 31.5. The summed E-state index contributed by atoms with van der Waals surface area (Å²) in [7, 11) is 0. The number of Topliss-reactive ketones (excluding diaryl/α,β-unsaturated/α-hetero) is 1. The summed E-state index contributed by atoms with van der Waals surface area (Å²) in [5.74, 6) is -0.465. The number of esters is 1. The highest BCUT2D eigenvalue weighted by molar-refractivity contribution is 5.95. The molecule has 0 saturated heterocycles. The van der Waals surface area contributed by atoms with E-state index in [9.17, 15) is 19.7 Å². The van der Waals surface area contributed by atoms with Gasteiger partial charge in [0.25, 0.3) is 5.69 Å². The molecule has 0 aliphatic heterocycles. The summed E-state index contributed by atoms with van der Waals surface area (Å²) >= 11 is 0. The van der Waals surface area contributed by atoms with Gasteiger partial charge in [-0.05, 0) is 19.4 Å². The summed E-state index contributed by atoms with van der Waals surface area (Å²) < 4.78 is 5.40. The second-order valence-electron chi connectivity index (χ2n) is 6.59.